The summed E-state index contributed by atoms with van der Waals surface area (Å²) < 4.78 is 6.33. The lowest BCUT2D eigenvalue weighted by Crippen LogP contribution is -2.55. The zero-order chi connectivity index (χ0) is 27.1. The number of aromatic amines is 2. The van der Waals surface area contributed by atoms with E-state index in [1.807, 2.05) is 12.1 Å². The van der Waals surface area contributed by atoms with Crippen LogP contribution in [0.2, 0.25) is 0 Å². The van der Waals surface area contributed by atoms with E-state index in [1.165, 1.54) is 0 Å². The van der Waals surface area contributed by atoms with Gasteiger partial charge in [0.25, 0.3) is 0 Å². The van der Waals surface area contributed by atoms with E-state index in [9.17, 15) is 0 Å². The molecular formula is C31H37N7O. The molecule has 5 aromatic rings. The third kappa shape index (κ3) is 5.53. The summed E-state index contributed by atoms with van der Waals surface area (Å²) in [4.78, 5) is 7.09. The van der Waals surface area contributed by atoms with E-state index in [1.54, 1.807) is 0 Å². The van der Waals surface area contributed by atoms with Crippen LogP contribution < -0.4 is 10.1 Å². The minimum absolute atomic E-state index is 0.0858. The summed E-state index contributed by atoms with van der Waals surface area (Å²) in [5.41, 5.74) is 4.07. The lowest BCUT2D eigenvalue weighted by Gasteiger charge is -2.34. The van der Waals surface area contributed by atoms with Crippen molar-refractivity contribution in [1.29, 1.82) is 0 Å². The Morgan fingerprint density at radius 1 is 0.974 bits per heavy atom. The van der Waals surface area contributed by atoms with Gasteiger partial charge in [0.05, 0.1) is 17.3 Å². The first kappa shape index (κ1) is 25.5. The zero-order valence-electron chi connectivity index (χ0n) is 23.4. The van der Waals surface area contributed by atoms with Crippen LogP contribution in [0.1, 0.15) is 33.5 Å². The van der Waals surface area contributed by atoms with Crippen LogP contribution in [-0.4, -0.2) is 69.1 Å². The van der Waals surface area contributed by atoms with Gasteiger partial charge in [0.2, 0.25) is 0 Å². The minimum atomic E-state index is 0.0858. The Balaban J connectivity index is 1.25. The highest BCUT2D eigenvalue weighted by molar-refractivity contribution is 5.97. The van der Waals surface area contributed by atoms with E-state index in [4.69, 9.17) is 9.72 Å². The Labute approximate surface area is 229 Å². The molecule has 8 nitrogen and oxygen atoms in total. The summed E-state index contributed by atoms with van der Waals surface area (Å²) in [6, 6.07) is 19.3. The number of likely N-dealkylation sites (N-methyl/N-ethyl adjacent to an activating group) is 1. The number of nitrogens with zero attached hydrogens (tertiary/aromatic N) is 4. The van der Waals surface area contributed by atoms with E-state index < -0.39 is 0 Å². The average Bonchev–Trinajstić information content (AvgIpc) is 3.54. The molecule has 0 bridgehead atoms. The number of benzene rings is 3. The molecule has 3 aromatic carbocycles. The number of ether oxygens (including phenoxy) is 1. The third-order valence-corrected chi connectivity index (χ3v) is 7.43. The standard InChI is InChI=1S/C31H37N7O/c1-19(27-18-38(5)13-12-32-27)39-24-10-8-20-14-22(7-6-21(20)15-24)29-25-16-23(9-11-26(25)34-36-29)30-33-28(35-37-30)17-31(2,3)4/h6-11,14-16,19,27,32H,12-13,17-18H2,1-5H3,(H,34,36)(H,33,35,37). The Kier molecular flexibility index (Phi) is 6.61. The first-order chi connectivity index (χ1) is 18.7. The van der Waals surface area contributed by atoms with Gasteiger partial charge in [-0.2, -0.15) is 10.2 Å². The molecule has 1 aliphatic rings. The molecule has 39 heavy (non-hydrogen) atoms. The predicted molar refractivity (Wildman–Crippen MR) is 157 cm³/mol. The number of nitrogens with one attached hydrogen (secondary N) is 3. The molecule has 2 atom stereocenters. The molecule has 2 unspecified atom stereocenters. The summed E-state index contributed by atoms with van der Waals surface area (Å²) in [6.07, 6.45) is 0.930. The highest BCUT2D eigenvalue weighted by Gasteiger charge is 2.23. The number of aromatic nitrogens is 5. The molecule has 1 aliphatic heterocycles. The van der Waals surface area contributed by atoms with Crippen LogP contribution in [-0.2, 0) is 6.42 Å². The molecule has 1 fully saturated rings. The third-order valence-electron chi connectivity index (χ3n) is 7.43. The first-order valence-electron chi connectivity index (χ1n) is 13.7. The summed E-state index contributed by atoms with van der Waals surface area (Å²) in [5, 5.41) is 22.4. The van der Waals surface area contributed by atoms with Gasteiger partial charge in [-0.1, -0.05) is 39.0 Å². The molecule has 0 amide bonds. The normalized spacial score (nSPS) is 17.6. The quantitative estimate of drug-likeness (QED) is 0.275. The fourth-order valence-corrected chi connectivity index (χ4v) is 5.37. The van der Waals surface area contributed by atoms with Gasteiger partial charge in [-0.15, -0.1) is 0 Å². The molecule has 3 N–H and O–H groups in total. The second-order valence-corrected chi connectivity index (χ2v) is 12.0. The number of H-pyrrole nitrogens is 2. The molecule has 1 saturated heterocycles. The SMILES string of the molecule is CC(Oc1ccc2cc(-c3n[nH]c4ccc(-c5n[nH]c(CC(C)(C)C)n5)cc34)ccc2c1)C1CN(C)CCN1. The fraction of sp³-hybridized carbons (Fsp3) is 0.387. The van der Waals surface area contributed by atoms with Gasteiger partial charge in [0.1, 0.15) is 17.7 Å². The summed E-state index contributed by atoms with van der Waals surface area (Å²) in [5.74, 6) is 2.50. The van der Waals surface area contributed by atoms with E-state index >= 15 is 0 Å². The fourth-order valence-electron chi connectivity index (χ4n) is 5.37. The molecule has 0 radical (unpaired) electrons. The minimum Gasteiger partial charge on any atom is -0.489 e. The van der Waals surface area contributed by atoms with Gasteiger partial charge in [0, 0.05) is 42.6 Å². The van der Waals surface area contributed by atoms with Crippen LogP contribution in [0, 0.1) is 5.41 Å². The maximum atomic E-state index is 6.33. The number of rotatable bonds is 6. The van der Waals surface area contributed by atoms with E-state index in [0.29, 0.717) is 11.9 Å². The first-order valence-corrected chi connectivity index (χ1v) is 13.7. The van der Waals surface area contributed by atoms with Crippen molar-refractivity contribution < 1.29 is 4.74 Å². The average molecular weight is 524 g/mol. The van der Waals surface area contributed by atoms with Gasteiger partial charge in [-0.05, 0) is 66.6 Å². The van der Waals surface area contributed by atoms with Crippen LogP contribution in [0.3, 0.4) is 0 Å². The van der Waals surface area contributed by atoms with Crippen molar-refractivity contribution in [1.82, 2.24) is 35.6 Å². The smallest absolute Gasteiger partial charge is 0.181 e. The summed E-state index contributed by atoms with van der Waals surface area (Å²) in [7, 11) is 2.16. The summed E-state index contributed by atoms with van der Waals surface area (Å²) >= 11 is 0. The van der Waals surface area contributed by atoms with Crippen molar-refractivity contribution in [3.8, 4) is 28.4 Å². The van der Waals surface area contributed by atoms with Crippen LogP contribution in [0.5, 0.6) is 5.75 Å². The molecule has 0 saturated carbocycles. The number of hydrogen-bond acceptors (Lipinski definition) is 6. The molecule has 3 heterocycles. The van der Waals surface area contributed by atoms with Crippen molar-refractivity contribution in [3.05, 3.63) is 60.4 Å². The van der Waals surface area contributed by atoms with Gasteiger partial charge < -0.3 is 15.0 Å². The van der Waals surface area contributed by atoms with E-state index in [-0.39, 0.29) is 11.5 Å². The van der Waals surface area contributed by atoms with Gasteiger partial charge >= 0.3 is 0 Å². The van der Waals surface area contributed by atoms with E-state index in [0.717, 1.165) is 76.1 Å². The second-order valence-electron chi connectivity index (χ2n) is 12.0. The van der Waals surface area contributed by atoms with Gasteiger partial charge in [-0.3, -0.25) is 10.2 Å². The van der Waals surface area contributed by atoms with Crippen LogP contribution in [0.25, 0.3) is 44.3 Å². The lowest BCUT2D eigenvalue weighted by atomic mass is 9.92. The van der Waals surface area contributed by atoms with Gasteiger partial charge in [-0.25, -0.2) is 4.98 Å². The van der Waals surface area contributed by atoms with Crippen molar-refractivity contribution in [2.75, 3.05) is 26.7 Å². The van der Waals surface area contributed by atoms with Crippen molar-refractivity contribution in [2.24, 2.45) is 5.41 Å². The topological polar surface area (TPSA) is 94.8 Å². The van der Waals surface area contributed by atoms with E-state index in [2.05, 4.69) is 108 Å². The maximum Gasteiger partial charge on any atom is 0.181 e. The summed E-state index contributed by atoms with van der Waals surface area (Å²) in [6.45, 7) is 11.8. The lowest BCUT2D eigenvalue weighted by molar-refractivity contribution is 0.120. The predicted octanol–water partition coefficient (Wildman–Crippen LogP) is 5.43. The molecule has 2 aromatic heterocycles. The van der Waals surface area contributed by atoms with Crippen LogP contribution >= 0.6 is 0 Å². The molecule has 202 valence electrons. The van der Waals surface area contributed by atoms with Crippen LogP contribution in [0.4, 0.5) is 0 Å². The van der Waals surface area contributed by atoms with Crippen molar-refractivity contribution in [3.63, 3.8) is 0 Å². The molecule has 0 spiro atoms. The van der Waals surface area contributed by atoms with Crippen molar-refractivity contribution >= 4 is 21.7 Å². The molecular weight excluding hydrogens is 486 g/mol. The van der Waals surface area contributed by atoms with Crippen molar-refractivity contribution in [2.45, 2.75) is 46.3 Å². The Bertz CT molecular complexity index is 1610. The maximum absolute atomic E-state index is 6.33. The Hall–Kier alpha value is -3.75. The molecule has 8 heteroatoms. The number of hydrogen-bond donors (Lipinski definition) is 3. The highest BCUT2D eigenvalue weighted by Crippen LogP contribution is 2.32. The number of piperazine rings is 1. The largest absolute Gasteiger partial charge is 0.489 e. The Morgan fingerprint density at radius 3 is 2.59 bits per heavy atom. The zero-order valence-corrected chi connectivity index (χ0v) is 23.4. The molecule has 6 rings (SSSR count). The highest BCUT2D eigenvalue weighted by atomic mass is 16.5. The monoisotopic (exact) mass is 523 g/mol. The molecule has 0 aliphatic carbocycles. The second kappa shape index (κ2) is 10.1. The van der Waals surface area contributed by atoms with Crippen LogP contribution in [0.15, 0.2) is 54.6 Å². The Morgan fingerprint density at radius 2 is 1.77 bits per heavy atom. The number of fused-ring (bicyclic) bond motifs is 2. The van der Waals surface area contributed by atoms with Gasteiger partial charge in [0.15, 0.2) is 5.82 Å².